The van der Waals surface area contributed by atoms with Crippen molar-refractivity contribution in [1.82, 2.24) is 0 Å². The van der Waals surface area contributed by atoms with Crippen molar-refractivity contribution in [2.24, 2.45) is 5.73 Å². The molecule has 0 aliphatic carbocycles. The number of carboxylic acids is 1. The van der Waals surface area contributed by atoms with Gasteiger partial charge in [-0.1, -0.05) is 0 Å². The Morgan fingerprint density at radius 1 is 1.29 bits per heavy atom. The molecular weight excluding hydrogens is 254 g/mol. The Balaban J connectivity index is 0. The Morgan fingerprint density at radius 2 is 1.71 bits per heavy atom. The molecule has 4 N–H and O–H groups in total. The second-order valence-corrected chi connectivity index (χ2v) is 4.39. The Kier molecular flexibility index (Phi) is 9.52. The maximum Gasteiger partial charge on any atom is 0.324 e. The monoisotopic (exact) mass is 271 g/mol. The summed E-state index contributed by atoms with van der Waals surface area (Å²) in [5.41, 5.74) is 4.55. The molecule has 0 heterocycles. The minimum atomic E-state index is -4.76. The van der Waals surface area contributed by atoms with Crippen molar-refractivity contribution in [3.05, 3.63) is 0 Å². The number of amides is 1. The molecule has 0 aliphatic heterocycles. The average molecular weight is 271 g/mol. The van der Waals surface area contributed by atoms with Gasteiger partial charge in [0.2, 0.25) is 5.91 Å². The fourth-order valence-corrected chi connectivity index (χ4v) is 1.34. The van der Waals surface area contributed by atoms with Crippen LogP contribution in [0.15, 0.2) is 0 Å². The van der Waals surface area contributed by atoms with Gasteiger partial charge in [-0.3, -0.25) is 14.1 Å². The van der Waals surface area contributed by atoms with Gasteiger partial charge >= 0.3 is 5.97 Å². The van der Waals surface area contributed by atoms with Crippen LogP contribution < -0.4 is 5.73 Å². The normalized spacial score (nSPS) is 12.2. The third-order valence-electron chi connectivity index (χ3n) is 1.43. The van der Waals surface area contributed by atoms with Gasteiger partial charge in [-0.05, 0) is 13.8 Å². The minimum Gasteiger partial charge on any atom is -0.480 e. The molecule has 0 aliphatic rings. The summed E-state index contributed by atoms with van der Waals surface area (Å²) in [5.74, 6) is -2.92. The van der Waals surface area contributed by atoms with E-state index in [0.717, 1.165) is 13.2 Å². The number of hydrogen-bond donors (Lipinski definition) is 3. The van der Waals surface area contributed by atoms with Gasteiger partial charge in [-0.15, -0.1) is 0 Å². The SMILES string of the molecule is CCOCC.NC(=O)CC(C(=O)O)S(=O)(=O)O. The summed E-state index contributed by atoms with van der Waals surface area (Å²) in [6.07, 6.45) is -0.936. The molecule has 0 aromatic carbocycles. The molecule has 0 bridgehead atoms. The van der Waals surface area contributed by atoms with Crippen LogP contribution in [0.4, 0.5) is 0 Å². The van der Waals surface area contributed by atoms with E-state index < -0.39 is 33.7 Å². The smallest absolute Gasteiger partial charge is 0.324 e. The molecule has 102 valence electrons. The topological polar surface area (TPSA) is 144 Å². The molecular formula is C8H17NO7S. The van der Waals surface area contributed by atoms with E-state index in [1.807, 2.05) is 13.8 Å². The number of primary amides is 1. The zero-order chi connectivity index (χ0) is 14.1. The number of nitrogens with two attached hydrogens (primary N) is 1. The summed E-state index contributed by atoms with van der Waals surface area (Å²) < 4.78 is 33.7. The number of rotatable bonds is 6. The number of aliphatic carboxylic acids is 1. The van der Waals surface area contributed by atoms with E-state index in [1.165, 1.54) is 0 Å². The first-order valence-electron chi connectivity index (χ1n) is 4.71. The summed E-state index contributed by atoms with van der Waals surface area (Å²) in [6, 6.07) is 0. The maximum atomic E-state index is 10.3. The van der Waals surface area contributed by atoms with Crippen molar-refractivity contribution >= 4 is 22.0 Å². The molecule has 17 heavy (non-hydrogen) atoms. The quantitative estimate of drug-likeness (QED) is 0.539. The van der Waals surface area contributed by atoms with Crippen LogP contribution in [0.3, 0.4) is 0 Å². The van der Waals surface area contributed by atoms with Gasteiger partial charge in [0.05, 0.1) is 6.42 Å². The van der Waals surface area contributed by atoms with Crippen LogP contribution in [-0.4, -0.2) is 48.4 Å². The summed E-state index contributed by atoms with van der Waals surface area (Å²) >= 11 is 0. The lowest BCUT2D eigenvalue weighted by atomic mass is 10.3. The number of carboxylic acid groups (broad SMARTS) is 1. The summed E-state index contributed by atoms with van der Waals surface area (Å²) in [4.78, 5) is 20.3. The molecule has 1 atom stereocenters. The van der Waals surface area contributed by atoms with E-state index in [0.29, 0.717) is 0 Å². The highest BCUT2D eigenvalue weighted by molar-refractivity contribution is 7.87. The number of carbonyl (C=O) groups is 2. The maximum absolute atomic E-state index is 10.3. The van der Waals surface area contributed by atoms with Crippen LogP contribution >= 0.6 is 0 Å². The molecule has 0 aromatic rings. The number of carbonyl (C=O) groups excluding carboxylic acids is 1. The van der Waals surface area contributed by atoms with Crippen LogP contribution in [0.25, 0.3) is 0 Å². The lowest BCUT2D eigenvalue weighted by Crippen LogP contribution is -2.34. The van der Waals surface area contributed by atoms with Crippen molar-refractivity contribution in [1.29, 1.82) is 0 Å². The van der Waals surface area contributed by atoms with Gasteiger partial charge in [0.15, 0.2) is 5.25 Å². The van der Waals surface area contributed by atoms with Gasteiger partial charge in [0, 0.05) is 13.2 Å². The largest absolute Gasteiger partial charge is 0.480 e. The lowest BCUT2D eigenvalue weighted by molar-refractivity contribution is -0.138. The van der Waals surface area contributed by atoms with Gasteiger partial charge in [0.25, 0.3) is 10.1 Å². The van der Waals surface area contributed by atoms with Crippen molar-refractivity contribution < 1.29 is 32.4 Å². The van der Waals surface area contributed by atoms with Crippen LogP contribution in [-0.2, 0) is 24.4 Å². The Bertz CT molecular complexity index is 336. The van der Waals surface area contributed by atoms with Crippen LogP contribution in [0.5, 0.6) is 0 Å². The van der Waals surface area contributed by atoms with Crippen LogP contribution in [0, 0.1) is 0 Å². The van der Waals surface area contributed by atoms with Crippen molar-refractivity contribution in [3.8, 4) is 0 Å². The van der Waals surface area contributed by atoms with E-state index in [1.54, 1.807) is 0 Å². The van der Waals surface area contributed by atoms with E-state index >= 15 is 0 Å². The van der Waals surface area contributed by atoms with Crippen molar-refractivity contribution in [3.63, 3.8) is 0 Å². The standard InChI is InChI=1S/C4H7NO6S.C4H10O/c5-3(6)1-2(4(7)8)12(9,10)11;1-3-5-4-2/h2H,1H2,(H2,5,6)(H,7,8)(H,9,10,11);3-4H2,1-2H3. The highest BCUT2D eigenvalue weighted by Gasteiger charge is 2.32. The molecule has 1 amide bonds. The zero-order valence-corrected chi connectivity index (χ0v) is 10.4. The first-order valence-corrected chi connectivity index (χ1v) is 6.22. The van der Waals surface area contributed by atoms with E-state index in [-0.39, 0.29) is 0 Å². The number of ether oxygens (including phenoxy) is 1. The Labute approximate surface area is 99.5 Å². The van der Waals surface area contributed by atoms with Crippen LogP contribution in [0.2, 0.25) is 0 Å². The molecule has 0 saturated heterocycles. The summed E-state index contributed by atoms with van der Waals surface area (Å²) in [7, 11) is -4.76. The first kappa shape index (κ1) is 18.2. The first-order chi connectivity index (χ1) is 7.66. The molecule has 0 radical (unpaired) electrons. The van der Waals surface area contributed by atoms with E-state index in [9.17, 15) is 18.0 Å². The highest BCUT2D eigenvalue weighted by atomic mass is 32.2. The fraction of sp³-hybridized carbons (Fsp3) is 0.750. The third kappa shape index (κ3) is 11.1. The predicted octanol–water partition coefficient (Wildman–Crippen LogP) is -0.754. The minimum absolute atomic E-state index is 0.844. The second-order valence-electron chi connectivity index (χ2n) is 2.79. The van der Waals surface area contributed by atoms with Crippen molar-refractivity contribution in [2.75, 3.05) is 13.2 Å². The Morgan fingerprint density at radius 3 is 1.76 bits per heavy atom. The van der Waals surface area contributed by atoms with E-state index in [4.69, 9.17) is 14.4 Å². The molecule has 0 rings (SSSR count). The lowest BCUT2D eigenvalue weighted by Gasteiger charge is -2.04. The van der Waals surface area contributed by atoms with Gasteiger partial charge in [-0.25, -0.2) is 0 Å². The van der Waals surface area contributed by atoms with Gasteiger partial charge < -0.3 is 15.6 Å². The molecule has 1 unspecified atom stereocenters. The molecule has 8 nitrogen and oxygen atoms in total. The number of hydrogen-bond acceptors (Lipinski definition) is 5. The third-order valence-corrected chi connectivity index (χ3v) is 2.52. The van der Waals surface area contributed by atoms with E-state index in [2.05, 4.69) is 5.73 Å². The highest BCUT2D eigenvalue weighted by Crippen LogP contribution is 2.03. The molecule has 9 heteroatoms. The summed E-state index contributed by atoms with van der Waals surface area (Å²) in [6.45, 7) is 5.67. The fourth-order valence-electron chi connectivity index (χ4n) is 0.707. The predicted molar refractivity (Wildman–Crippen MR) is 59.0 cm³/mol. The zero-order valence-electron chi connectivity index (χ0n) is 9.62. The van der Waals surface area contributed by atoms with Crippen molar-refractivity contribution in [2.45, 2.75) is 25.5 Å². The van der Waals surface area contributed by atoms with Gasteiger partial charge in [-0.2, -0.15) is 8.42 Å². The molecule has 0 aromatic heterocycles. The molecule has 0 fully saturated rings. The second kappa shape index (κ2) is 8.90. The molecule has 0 saturated carbocycles. The summed E-state index contributed by atoms with van der Waals surface area (Å²) in [5, 5.41) is 6.04. The average Bonchev–Trinajstić information content (AvgIpc) is 2.14. The van der Waals surface area contributed by atoms with Crippen LogP contribution in [0.1, 0.15) is 20.3 Å². The van der Waals surface area contributed by atoms with Gasteiger partial charge in [0.1, 0.15) is 0 Å². The Hall–Kier alpha value is -1.19. The molecule has 0 spiro atoms.